The van der Waals surface area contributed by atoms with Crippen LogP contribution in [0, 0.1) is 15.9 Å². The fourth-order valence-corrected chi connectivity index (χ4v) is 2.02. The van der Waals surface area contributed by atoms with Gasteiger partial charge >= 0.3 is 0 Å². The zero-order chi connectivity index (χ0) is 17.0. The first-order valence-corrected chi connectivity index (χ1v) is 6.57. The molecular formula is C15H14FN3O4. The summed E-state index contributed by atoms with van der Waals surface area (Å²) < 4.78 is 18.4. The lowest BCUT2D eigenvalue weighted by Gasteiger charge is -2.10. The molecule has 2 rings (SSSR count). The molecule has 120 valence electrons. The molecule has 7 nitrogen and oxygen atoms in total. The first-order valence-electron chi connectivity index (χ1n) is 6.57. The van der Waals surface area contributed by atoms with Gasteiger partial charge in [0.15, 0.2) is 11.6 Å². The molecule has 2 aromatic carbocycles. The van der Waals surface area contributed by atoms with Crippen LogP contribution in [-0.4, -0.2) is 17.9 Å². The molecule has 0 aromatic heterocycles. The van der Waals surface area contributed by atoms with Crippen molar-refractivity contribution in [1.29, 1.82) is 0 Å². The summed E-state index contributed by atoms with van der Waals surface area (Å²) in [5.74, 6) is -1.49. The fourth-order valence-electron chi connectivity index (χ4n) is 2.02. The number of hydrogen-bond acceptors (Lipinski definition) is 5. The molecule has 0 saturated carbocycles. The number of anilines is 1. The Morgan fingerprint density at radius 1 is 1.39 bits per heavy atom. The van der Waals surface area contributed by atoms with Crippen molar-refractivity contribution in [3.05, 3.63) is 63.5 Å². The van der Waals surface area contributed by atoms with Crippen LogP contribution in [0.3, 0.4) is 0 Å². The molecule has 0 spiro atoms. The number of nitrogens with zero attached hydrogens (tertiary/aromatic N) is 1. The number of carbonyl (C=O) groups is 1. The van der Waals surface area contributed by atoms with Crippen LogP contribution in [0.2, 0.25) is 0 Å². The summed E-state index contributed by atoms with van der Waals surface area (Å²) in [5.41, 5.74) is 5.93. The highest BCUT2D eigenvalue weighted by atomic mass is 19.1. The number of rotatable bonds is 6. The van der Waals surface area contributed by atoms with Crippen molar-refractivity contribution in [1.82, 2.24) is 0 Å². The first kappa shape index (κ1) is 16.2. The van der Waals surface area contributed by atoms with Crippen LogP contribution in [-0.2, 0) is 6.54 Å². The number of nitro groups is 1. The second-order valence-electron chi connectivity index (χ2n) is 4.68. The Bertz CT molecular complexity index is 764. The first-order chi connectivity index (χ1) is 10.9. The molecule has 0 fully saturated rings. The predicted octanol–water partition coefficient (Wildman–Crippen LogP) is 2.45. The van der Waals surface area contributed by atoms with Gasteiger partial charge in [0.05, 0.1) is 18.1 Å². The Morgan fingerprint density at radius 3 is 2.74 bits per heavy atom. The Balaban J connectivity index is 2.27. The lowest BCUT2D eigenvalue weighted by Crippen LogP contribution is -2.11. The summed E-state index contributed by atoms with van der Waals surface area (Å²) in [6, 6.07) is 8.52. The Hall–Kier alpha value is -3.16. The van der Waals surface area contributed by atoms with Gasteiger partial charge in [-0.25, -0.2) is 4.39 Å². The van der Waals surface area contributed by atoms with E-state index in [-0.39, 0.29) is 18.0 Å². The SMILES string of the molecule is COc1cc(NCc2cccc(C(N)=O)c2)c([N+](=O)[O-])cc1F. The lowest BCUT2D eigenvalue weighted by atomic mass is 10.1. The summed E-state index contributed by atoms with van der Waals surface area (Å²) in [4.78, 5) is 21.5. The molecule has 0 unspecified atom stereocenters. The van der Waals surface area contributed by atoms with E-state index < -0.39 is 22.3 Å². The second-order valence-corrected chi connectivity index (χ2v) is 4.68. The normalized spacial score (nSPS) is 10.2. The molecule has 0 aliphatic heterocycles. The minimum Gasteiger partial charge on any atom is -0.494 e. The van der Waals surface area contributed by atoms with Gasteiger partial charge < -0.3 is 15.8 Å². The molecule has 0 radical (unpaired) electrons. The molecule has 23 heavy (non-hydrogen) atoms. The van der Waals surface area contributed by atoms with Gasteiger partial charge in [-0.15, -0.1) is 0 Å². The number of methoxy groups -OCH3 is 1. The van der Waals surface area contributed by atoms with Crippen LogP contribution in [0.15, 0.2) is 36.4 Å². The van der Waals surface area contributed by atoms with Gasteiger partial charge in [-0.1, -0.05) is 12.1 Å². The van der Waals surface area contributed by atoms with E-state index in [1.807, 2.05) is 0 Å². The zero-order valence-electron chi connectivity index (χ0n) is 12.2. The topological polar surface area (TPSA) is 107 Å². The number of nitrogens with two attached hydrogens (primary N) is 1. The summed E-state index contributed by atoms with van der Waals surface area (Å²) in [6.45, 7) is 0.191. The summed E-state index contributed by atoms with van der Waals surface area (Å²) >= 11 is 0. The van der Waals surface area contributed by atoms with Crippen molar-refractivity contribution >= 4 is 17.3 Å². The van der Waals surface area contributed by atoms with Gasteiger partial charge in [-0.2, -0.15) is 0 Å². The van der Waals surface area contributed by atoms with E-state index in [0.717, 1.165) is 6.07 Å². The van der Waals surface area contributed by atoms with E-state index in [1.165, 1.54) is 13.2 Å². The summed E-state index contributed by atoms with van der Waals surface area (Å²) in [5, 5.41) is 13.9. The molecule has 0 aliphatic carbocycles. The third-order valence-corrected chi connectivity index (χ3v) is 3.16. The van der Waals surface area contributed by atoms with Gasteiger partial charge in [0.25, 0.3) is 5.69 Å². The molecule has 3 N–H and O–H groups in total. The third kappa shape index (κ3) is 3.73. The molecule has 0 atom stereocenters. The van der Waals surface area contributed by atoms with Gasteiger partial charge in [0.1, 0.15) is 5.69 Å². The van der Waals surface area contributed by atoms with Crippen LogP contribution in [0.1, 0.15) is 15.9 Å². The molecule has 2 aromatic rings. The van der Waals surface area contributed by atoms with Crippen LogP contribution in [0.25, 0.3) is 0 Å². The molecule has 1 amide bonds. The van der Waals surface area contributed by atoms with Crippen molar-refractivity contribution in [2.75, 3.05) is 12.4 Å². The Morgan fingerprint density at radius 2 is 2.13 bits per heavy atom. The van der Waals surface area contributed by atoms with Gasteiger partial charge in [-0.05, 0) is 17.7 Å². The number of hydrogen-bond donors (Lipinski definition) is 2. The fraction of sp³-hybridized carbons (Fsp3) is 0.133. The van der Waals surface area contributed by atoms with Gasteiger partial charge in [0, 0.05) is 18.2 Å². The zero-order valence-corrected chi connectivity index (χ0v) is 12.2. The number of carbonyl (C=O) groups excluding carboxylic acids is 1. The van der Waals surface area contributed by atoms with Crippen LogP contribution in [0.5, 0.6) is 5.75 Å². The van der Waals surface area contributed by atoms with Crippen LogP contribution in [0.4, 0.5) is 15.8 Å². The van der Waals surface area contributed by atoms with E-state index in [9.17, 15) is 19.3 Å². The maximum Gasteiger partial charge on any atom is 0.295 e. The largest absolute Gasteiger partial charge is 0.494 e. The van der Waals surface area contributed by atoms with E-state index >= 15 is 0 Å². The quantitative estimate of drug-likeness (QED) is 0.628. The van der Waals surface area contributed by atoms with Crippen molar-refractivity contribution < 1.29 is 18.8 Å². The number of primary amides is 1. The van der Waals surface area contributed by atoms with Gasteiger partial charge in [0.2, 0.25) is 5.91 Å². The summed E-state index contributed by atoms with van der Waals surface area (Å²) in [6.07, 6.45) is 0. The number of nitrogens with one attached hydrogen (secondary N) is 1. The number of benzene rings is 2. The van der Waals surface area contributed by atoms with Crippen LogP contribution >= 0.6 is 0 Å². The van der Waals surface area contributed by atoms with E-state index in [4.69, 9.17) is 10.5 Å². The summed E-state index contributed by atoms with van der Waals surface area (Å²) in [7, 11) is 1.27. The maximum atomic E-state index is 13.6. The number of amides is 1. The average Bonchev–Trinajstić information content (AvgIpc) is 2.53. The minimum absolute atomic E-state index is 0.107. The minimum atomic E-state index is -0.819. The molecule has 0 heterocycles. The van der Waals surface area contributed by atoms with Crippen LogP contribution < -0.4 is 15.8 Å². The third-order valence-electron chi connectivity index (χ3n) is 3.16. The molecular weight excluding hydrogens is 305 g/mol. The predicted molar refractivity (Wildman–Crippen MR) is 81.9 cm³/mol. The van der Waals surface area contributed by atoms with Crippen molar-refractivity contribution in [3.63, 3.8) is 0 Å². The standard InChI is InChI=1S/C15H14FN3O4/c1-23-14-7-12(13(19(21)22)6-11(14)16)18-8-9-3-2-4-10(5-9)15(17)20/h2-7,18H,8H2,1H3,(H2,17,20). The van der Waals surface area contributed by atoms with Crippen molar-refractivity contribution in [2.24, 2.45) is 5.73 Å². The average molecular weight is 319 g/mol. The van der Waals surface area contributed by atoms with E-state index in [2.05, 4.69) is 5.32 Å². The number of halogens is 1. The highest BCUT2D eigenvalue weighted by molar-refractivity contribution is 5.92. The highest BCUT2D eigenvalue weighted by Crippen LogP contribution is 2.32. The molecule has 0 bridgehead atoms. The Labute approximate surface area is 131 Å². The van der Waals surface area contributed by atoms with Crippen molar-refractivity contribution in [2.45, 2.75) is 6.54 Å². The van der Waals surface area contributed by atoms with E-state index in [1.54, 1.807) is 24.3 Å². The molecule has 0 saturated heterocycles. The maximum absolute atomic E-state index is 13.6. The second kappa shape index (κ2) is 6.73. The van der Waals surface area contributed by atoms with E-state index in [0.29, 0.717) is 11.1 Å². The Kier molecular flexibility index (Phi) is 4.75. The smallest absolute Gasteiger partial charge is 0.295 e. The monoisotopic (exact) mass is 319 g/mol. The number of nitro benzene ring substituents is 1. The number of ether oxygens (including phenoxy) is 1. The highest BCUT2D eigenvalue weighted by Gasteiger charge is 2.18. The lowest BCUT2D eigenvalue weighted by molar-refractivity contribution is -0.384. The molecule has 0 aliphatic rings. The van der Waals surface area contributed by atoms with Crippen molar-refractivity contribution in [3.8, 4) is 5.75 Å². The van der Waals surface area contributed by atoms with Gasteiger partial charge in [-0.3, -0.25) is 14.9 Å². The molecule has 8 heteroatoms.